The Morgan fingerprint density at radius 2 is 1.89 bits per heavy atom. The van der Waals surface area contributed by atoms with Crippen molar-refractivity contribution in [3.8, 4) is 5.88 Å². The molecule has 9 heteroatoms. The van der Waals surface area contributed by atoms with Crippen LogP contribution in [0.4, 0.5) is 5.69 Å². The van der Waals surface area contributed by atoms with Crippen LogP contribution < -0.4 is 10.1 Å². The minimum atomic E-state index is -3.63. The van der Waals surface area contributed by atoms with E-state index in [-0.39, 0.29) is 10.5 Å². The van der Waals surface area contributed by atoms with E-state index in [9.17, 15) is 13.2 Å². The van der Waals surface area contributed by atoms with Crippen LogP contribution in [0.2, 0.25) is 0 Å². The predicted molar refractivity (Wildman–Crippen MR) is 106 cm³/mol. The lowest BCUT2D eigenvalue weighted by Crippen LogP contribution is -2.30. The van der Waals surface area contributed by atoms with Gasteiger partial charge in [-0.1, -0.05) is 19.9 Å². The molecule has 1 amide bonds. The molecule has 0 atom stereocenters. The van der Waals surface area contributed by atoms with Crippen LogP contribution in [0.25, 0.3) is 0 Å². The third-order valence-corrected chi connectivity index (χ3v) is 6.02. The average Bonchev–Trinajstić information content (AvgIpc) is 2.70. The van der Waals surface area contributed by atoms with Crippen LogP contribution in [0.1, 0.15) is 24.2 Å². The molecule has 1 heterocycles. The molecule has 0 aliphatic rings. The second kappa shape index (κ2) is 10.2. The third-order valence-electron chi connectivity index (χ3n) is 3.97. The monoisotopic (exact) mass is 407 g/mol. The smallest absolute Gasteiger partial charge is 0.255 e. The summed E-state index contributed by atoms with van der Waals surface area (Å²) >= 11 is 0. The number of hydrogen-bond donors (Lipinski definition) is 1. The number of pyridine rings is 1. The van der Waals surface area contributed by atoms with Crippen LogP contribution in [0.3, 0.4) is 0 Å². The normalized spacial score (nSPS) is 11.4. The molecule has 152 valence electrons. The lowest BCUT2D eigenvalue weighted by Gasteiger charge is -2.18. The molecule has 2 rings (SSSR count). The van der Waals surface area contributed by atoms with E-state index in [2.05, 4.69) is 10.3 Å². The molecule has 1 aromatic heterocycles. The number of ether oxygens (including phenoxy) is 2. The van der Waals surface area contributed by atoms with Crippen molar-refractivity contribution in [1.82, 2.24) is 9.29 Å². The van der Waals surface area contributed by atoms with Gasteiger partial charge in [-0.25, -0.2) is 13.4 Å². The lowest BCUT2D eigenvalue weighted by atomic mass is 10.2. The summed E-state index contributed by atoms with van der Waals surface area (Å²) in [5, 5.41) is 2.70. The maximum atomic E-state index is 12.6. The van der Waals surface area contributed by atoms with Gasteiger partial charge in [-0.2, -0.15) is 4.31 Å². The van der Waals surface area contributed by atoms with E-state index in [0.717, 1.165) is 0 Å². The van der Waals surface area contributed by atoms with Gasteiger partial charge in [-0.15, -0.1) is 0 Å². The summed E-state index contributed by atoms with van der Waals surface area (Å²) in [5.74, 6) is -0.00573. The number of amides is 1. The Hall–Kier alpha value is -2.49. The number of carbonyl (C=O) groups excluding carboxylic acids is 1. The van der Waals surface area contributed by atoms with Gasteiger partial charge in [0.25, 0.3) is 5.91 Å². The Kier molecular flexibility index (Phi) is 7.91. The second-order valence-corrected chi connectivity index (χ2v) is 7.74. The standard InChI is InChI=1S/C19H25N3O5S/c1-4-22(5-2)28(24,25)17-8-6-7-15(13-17)19(23)21-16-9-10-18(20-14-16)27-12-11-26-3/h6-10,13-14H,4-5,11-12H2,1-3H3,(H,21,23). The SMILES string of the molecule is CCN(CC)S(=O)(=O)c1cccc(C(=O)Nc2ccc(OCCOC)nc2)c1. The first kappa shape index (κ1) is 21.8. The Bertz CT molecular complexity index is 881. The molecule has 8 nitrogen and oxygen atoms in total. The highest BCUT2D eigenvalue weighted by Crippen LogP contribution is 2.18. The van der Waals surface area contributed by atoms with Gasteiger partial charge in [0.15, 0.2) is 0 Å². The number of nitrogens with zero attached hydrogens (tertiary/aromatic N) is 2. The zero-order valence-electron chi connectivity index (χ0n) is 16.2. The summed E-state index contributed by atoms with van der Waals surface area (Å²) in [4.78, 5) is 16.7. The molecule has 0 aliphatic heterocycles. The van der Waals surface area contributed by atoms with Gasteiger partial charge in [0.05, 0.1) is 23.4 Å². The fraction of sp³-hybridized carbons (Fsp3) is 0.368. The third kappa shape index (κ3) is 5.51. The highest BCUT2D eigenvalue weighted by molar-refractivity contribution is 7.89. The number of hydrogen-bond acceptors (Lipinski definition) is 6. The van der Waals surface area contributed by atoms with Crippen LogP contribution in [0.15, 0.2) is 47.5 Å². The van der Waals surface area contributed by atoms with E-state index in [4.69, 9.17) is 9.47 Å². The highest BCUT2D eigenvalue weighted by atomic mass is 32.2. The number of methoxy groups -OCH3 is 1. The fourth-order valence-electron chi connectivity index (χ4n) is 2.48. The summed E-state index contributed by atoms with van der Waals surface area (Å²) in [5.41, 5.74) is 0.717. The van der Waals surface area contributed by atoms with E-state index >= 15 is 0 Å². The number of carbonyl (C=O) groups is 1. The van der Waals surface area contributed by atoms with Crippen LogP contribution in [0.5, 0.6) is 5.88 Å². The number of nitrogens with one attached hydrogen (secondary N) is 1. The molecule has 1 N–H and O–H groups in total. The second-order valence-electron chi connectivity index (χ2n) is 5.80. The number of rotatable bonds is 10. The largest absolute Gasteiger partial charge is 0.475 e. The van der Waals surface area contributed by atoms with Crippen molar-refractivity contribution in [3.63, 3.8) is 0 Å². The summed E-state index contributed by atoms with van der Waals surface area (Å²) in [6, 6.07) is 9.26. The van der Waals surface area contributed by atoms with Crippen molar-refractivity contribution >= 4 is 21.6 Å². The molecule has 1 aromatic carbocycles. The topological polar surface area (TPSA) is 97.8 Å². The molecule has 0 fully saturated rings. The molecular formula is C19H25N3O5S. The molecular weight excluding hydrogens is 382 g/mol. The van der Waals surface area contributed by atoms with Crippen molar-refractivity contribution < 1.29 is 22.7 Å². The predicted octanol–water partition coefficient (Wildman–Crippen LogP) is 2.39. The van der Waals surface area contributed by atoms with E-state index in [1.165, 1.54) is 22.6 Å². The molecule has 0 unspecified atom stereocenters. The quantitative estimate of drug-likeness (QED) is 0.608. The van der Waals surface area contributed by atoms with Gasteiger partial charge in [0, 0.05) is 31.8 Å². The molecule has 0 spiro atoms. The molecule has 0 radical (unpaired) electrons. The molecule has 0 saturated carbocycles. The highest BCUT2D eigenvalue weighted by Gasteiger charge is 2.22. The van der Waals surface area contributed by atoms with Crippen LogP contribution >= 0.6 is 0 Å². The number of aromatic nitrogens is 1. The van der Waals surface area contributed by atoms with Gasteiger partial charge in [-0.3, -0.25) is 4.79 Å². The Labute approximate surface area is 165 Å². The average molecular weight is 407 g/mol. The fourth-order valence-corrected chi connectivity index (χ4v) is 3.99. The van der Waals surface area contributed by atoms with Crippen molar-refractivity contribution in [3.05, 3.63) is 48.2 Å². The molecule has 28 heavy (non-hydrogen) atoms. The summed E-state index contributed by atoms with van der Waals surface area (Å²) in [6.07, 6.45) is 1.47. The maximum absolute atomic E-state index is 12.6. The lowest BCUT2D eigenvalue weighted by molar-refractivity contribution is 0.102. The number of anilines is 1. The zero-order valence-corrected chi connectivity index (χ0v) is 17.0. The van der Waals surface area contributed by atoms with Crippen molar-refractivity contribution in [1.29, 1.82) is 0 Å². The van der Waals surface area contributed by atoms with Gasteiger partial charge in [0.2, 0.25) is 15.9 Å². The zero-order chi connectivity index (χ0) is 20.6. The minimum absolute atomic E-state index is 0.0869. The van der Waals surface area contributed by atoms with Crippen LogP contribution in [-0.4, -0.2) is 57.0 Å². The van der Waals surface area contributed by atoms with E-state index in [1.54, 1.807) is 45.2 Å². The van der Waals surface area contributed by atoms with Crippen LogP contribution in [-0.2, 0) is 14.8 Å². The first-order valence-corrected chi connectivity index (χ1v) is 10.4. The Morgan fingerprint density at radius 3 is 2.50 bits per heavy atom. The first-order valence-electron chi connectivity index (χ1n) is 8.91. The van der Waals surface area contributed by atoms with Crippen molar-refractivity contribution in [2.24, 2.45) is 0 Å². The minimum Gasteiger partial charge on any atom is -0.475 e. The Morgan fingerprint density at radius 1 is 1.14 bits per heavy atom. The molecule has 2 aromatic rings. The Balaban J connectivity index is 2.11. The first-order chi connectivity index (χ1) is 13.4. The van der Waals surface area contributed by atoms with Crippen LogP contribution in [0, 0.1) is 0 Å². The maximum Gasteiger partial charge on any atom is 0.255 e. The van der Waals surface area contributed by atoms with Gasteiger partial charge in [-0.05, 0) is 24.3 Å². The van der Waals surface area contributed by atoms with E-state index in [0.29, 0.717) is 37.9 Å². The van der Waals surface area contributed by atoms with Gasteiger partial charge >= 0.3 is 0 Å². The van der Waals surface area contributed by atoms with Gasteiger partial charge < -0.3 is 14.8 Å². The van der Waals surface area contributed by atoms with Crippen molar-refractivity contribution in [2.45, 2.75) is 18.7 Å². The molecule has 0 bridgehead atoms. The number of benzene rings is 1. The summed E-state index contributed by atoms with van der Waals surface area (Å²) in [7, 11) is -2.05. The van der Waals surface area contributed by atoms with Crippen molar-refractivity contribution in [2.75, 3.05) is 38.7 Å². The summed E-state index contributed by atoms with van der Waals surface area (Å²) < 4.78 is 36.9. The summed E-state index contributed by atoms with van der Waals surface area (Å²) in [6.45, 7) is 5.09. The van der Waals surface area contributed by atoms with Gasteiger partial charge in [0.1, 0.15) is 6.61 Å². The molecule has 0 saturated heterocycles. The van der Waals surface area contributed by atoms with E-state index < -0.39 is 15.9 Å². The number of sulfonamides is 1. The molecule has 0 aliphatic carbocycles. The van der Waals surface area contributed by atoms with E-state index in [1.807, 2.05) is 0 Å².